The van der Waals surface area contributed by atoms with Crippen LogP contribution >= 0.6 is 15.9 Å². The molecule has 110 valence electrons. The SMILES string of the molecule is Cc1cc(Br)ccc1NC(=O)NCCN1CCCCC1. The Hall–Kier alpha value is -1.07. The number of amides is 2. The number of urea groups is 1. The molecule has 1 aliphatic rings. The van der Waals surface area contributed by atoms with Crippen molar-refractivity contribution < 1.29 is 4.79 Å². The van der Waals surface area contributed by atoms with E-state index in [-0.39, 0.29) is 6.03 Å². The molecule has 2 N–H and O–H groups in total. The molecule has 2 rings (SSSR count). The lowest BCUT2D eigenvalue weighted by atomic mass is 10.1. The molecule has 0 bridgehead atoms. The second-order valence-corrected chi connectivity index (χ2v) is 6.16. The Morgan fingerprint density at radius 2 is 2.05 bits per heavy atom. The maximum atomic E-state index is 11.8. The van der Waals surface area contributed by atoms with E-state index in [0.29, 0.717) is 6.54 Å². The lowest BCUT2D eigenvalue weighted by Gasteiger charge is -2.26. The second kappa shape index (κ2) is 7.64. The Morgan fingerprint density at radius 1 is 1.30 bits per heavy atom. The van der Waals surface area contributed by atoms with Gasteiger partial charge in [-0.1, -0.05) is 22.4 Å². The van der Waals surface area contributed by atoms with Crippen molar-refractivity contribution in [2.45, 2.75) is 26.2 Å². The first-order chi connectivity index (χ1) is 9.65. The highest BCUT2D eigenvalue weighted by molar-refractivity contribution is 9.10. The topological polar surface area (TPSA) is 44.4 Å². The summed E-state index contributed by atoms with van der Waals surface area (Å²) in [6.45, 7) is 5.94. The van der Waals surface area contributed by atoms with Gasteiger partial charge in [0.2, 0.25) is 0 Å². The number of hydrogen-bond acceptors (Lipinski definition) is 2. The van der Waals surface area contributed by atoms with Crippen LogP contribution in [0.15, 0.2) is 22.7 Å². The molecule has 1 aromatic carbocycles. The normalized spacial score (nSPS) is 15.9. The van der Waals surface area contributed by atoms with Gasteiger partial charge in [0.05, 0.1) is 0 Å². The van der Waals surface area contributed by atoms with E-state index in [4.69, 9.17) is 0 Å². The van der Waals surface area contributed by atoms with Crippen molar-refractivity contribution in [3.63, 3.8) is 0 Å². The van der Waals surface area contributed by atoms with E-state index >= 15 is 0 Å². The van der Waals surface area contributed by atoms with Gasteiger partial charge in [-0.2, -0.15) is 0 Å². The summed E-state index contributed by atoms with van der Waals surface area (Å²) in [6, 6.07) is 5.69. The number of carbonyl (C=O) groups is 1. The van der Waals surface area contributed by atoms with Crippen molar-refractivity contribution in [2.75, 3.05) is 31.5 Å². The quantitative estimate of drug-likeness (QED) is 0.883. The molecule has 1 aromatic rings. The molecule has 0 aliphatic carbocycles. The van der Waals surface area contributed by atoms with Crippen molar-refractivity contribution >= 4 is 27.6 Å². The van der Waals surface area contributed by atoms with Crippen LogP contribution in [0.4, 0.5) is 10.5 Å². The number of likely N-dealkylation sites (tertiary alicyclic amines) is 1. The monoisotopic (exact) mass is 339 g/mol. The van der Waals surface area contributed by atoms with E-state index in [9.17, 15) is 4.79 Å². The average Bonchev–Trinajstić information content (AvgIpc) is 2.43. The molecule has 1 saturated heterocycles. The van der Waals surface area contributed by atoms with Crippen LogP contribution in [0.25, 0.3) is 0 Å². The number of nitrogens with one attached hydrogen (secondary N) is 2. The number of nitrogens with zero attached hydrogens (tertiary/aromatic N) is 1. The van der Waals surface area contributed by atoms with E-state index in [1.165, 1.54) is 19.3 Å². The number of benzene rings is 1. The third kappa shape index (κ3) is 4.80. The molecule has 0 radical (unpaired) electrons. The van der Waals surface area contributed by atoms with Crippen LogP contribution in [-0.4, -0.2) is 37.1 Å². The van der Waals surface area contributed by atoms with Crippen LogP contribution in [0, 0.1) is 6.92 Å². The molecule has 1 heterocycles. The van der Waals surface area contributed by atoms with Gasteiger partial charge in [-0.15, -0.1) is 0 Å². The molecular formula is C15H22BrN3O. The summed E-state index contributed by atoms with van der Waals surface area (Å²) in [5, 5.41) is 5.80. The Bertz CT molecular complexity index is 458. The first kappa shape index (κ1) is 15.3. The fraction of sp³-hybridized carbons (Fsp3) is 0.533. The molecule has 0 unspecified atom stereocenters. The number of anilines is 1. The van der Waals surface area contributed by atoms with Crippen LogP contribution in [-0.2, 0) is 0 Å². The van der Waals surface area contributed by atoms with Gasteiger partial charge >= 0.3 is 6.03 Å². The summed E-state index contributed by atoms with van der Waals surface area (Å²) < 4.78 is 1.02. The number of halogens is 1. The molecule has 0 saturated carbocycles. The summed E-state index contributed by atoms with van der Waals surface area (Å²) in [7, 11) is 0. The Morgan fingerprint density at radius 3 is 2.75 bits per heavy atom. The minimum Gasteiger partial charge on any atom is -0.337 e. The number of aryl methyl sites for hydroxylation is 1. The fourth-order valence-corrected chi connectivity index (χ4v) is 2.92. The zero-order valence-corrected chi connectivity index (χ0v) is 13.5. The van der Waals surface area contributed by atoms with Crippen molar-refractivity contribution in [1.29, 1.82) is 0 Å². The Kier molecular flexibility index (Phi) is 5.86. The third-order valence-corrected chi connectivity index (χ3v) is 4.09. The molecule has 20 heavy (non-hydrogen) atoms. The minimum atomic E-state index is -0.132. The van der Waals surface area contributed by atoms with Crippen LogP contribution in [0.3, 0.4) is 0 Å². The molecule has 1 aliphatic heterocycles. The van der Waals surface area contributed by atoms with E-state index in [0.717, 1.165) is 35.4 Å². The molecule has 0 aromatic heterocycles. The average molecular weight is 340 g/mol. The summed E-state index contributed by atoms with van der Waals surface area (Å²) in [5.41, 5.74) is 1.90. The highest BCUT2D eigenvalue weighted by Crippen LogP contribution is 2.19. The smallest absolute Gasteiger partial charge is 0.319 e. The first-order valence-electron chi connectivity index (χ1n) is 7.18. The summed E-state index contributed by atoms with van der Waals surface area (Å²) in [5.74, 6) is 0. The van der Waals surface area contributed by atoms with Crippen LogP contribution in [0.2, 0.25) is 0 Å². The second-order valence-electron chi connectivity index (χ2n) is 5.24. The number of piperidine rings is 1. The minimum absolute atomic E-state index is 0.132. The number of rotatable bonds is 4. The van der Waals surface area contributed by atoms with Gasteiger partial charge in [0, 0.05) is 23.2 Å². The lowest BCUT2D eigenvalue weighted by Crippen LogP contribution is -2.39. The van der Waals surface area contributed by atoms with Gasteiger partial charge in [0.15, 0.2) is 0 Å². The number of hydrogen-bond donors (Lipinski definition) is 2. The van der Waals surface area contributed by atoms with Gasteiger partial charge in [-0.05, 0) is 56.6 Å². The highest BCUT2D eigenvalue weighted by atomic mass is 79.9. The van der Waals surface area contributed by atoms with E-state index in [2.05, 4.69) is 31.5 Å². The Balaban J connectivity index is 1.72. The van der Waals surface area contributed by atoms with Crippen molar-refractivity contribution in [3.05, 3.63) is 28.2 Å². The molecule has 1 fully saturated rings. The van der Waals surface area contributed by atoms with Crippen molar-refractivity contribution in [1.82, 2.24) is 10.2 Å². The van der Waals surface area contributed by atoms with Crippen molar-refractivity contribution in [2.24, 2.45) is 0 Å². The predicted octanol–water partition coefficient (Wildman–Crippen LogP) is 3.36. The lowest BCUT2D eigenvalue weighted by molar-refractivity contribution is 0.224. The molecule has 4 nitrogen and oxygen atoms in total. The van der Waals surface area contributed by atoms with Crippen LogP contribution < -0.4 is 10.6 Å². The van der Waals surface area contributed by atoms with Gasteiger partial charge in [-0.25, -0.2) is 4.79 Å². The molecule has 0 spiro atoms. The van der Waals surface area contributed by atoms with E-state index in [1.54, 1.807) is 0 Å². The third-order valence-electron chi connectivity index (χ3n) is 3.60. The van der Waals surface area contributed by atoms with Crippen LogP contribution in [0.5, 0.6) is 0 Å². The standard InChI is InChI=1S/C15H22BrN3O/c1-12-11-13(16)5-6-14(12)18-15(20)17-7-10-19-8-3-2-4-9-19/h5-6,11H,2-4,7-10H2,1H3,(H2,17,18,20). The van der Waals surface area contributed by atoms with Crippen LogP contribution in [0.1, 0.15) is 24.8 Å². The van der Waals surface area contributed by atoms with E-state index < -0.39 is 0 Å². The van der Waals surface area contributed by atoms with Gasteiger partial charge in [0.25, 0.3) is 0 Å². The van der Waals surface area contributed by atoms with Crippen molar-refractivity contribution in [3.8, 4) is 0 Å². The molecule has 5 heteroatoms. The molecular weight excluding hydrogens is 318 g/mol. The Labute approximate surface area is 129 Å². The summed E-state index contributed by atoms with van der Waals surface area (Å²) in [4.78, 5) is 14.3. The maximum absolute atomic E-state index is 11.8. The maximum Gasteiger partial charge on any atom is 0.319 e. The van der Waals surface area contributed by atoms with Gasteiger partial charge in [-0.3, -0.25) is 0 Å². The van der Waals surface area contributed by atoms with E-state index in [1.807, 2.05) is 25.1 Å². The van der Waals surface area contributed by atoms with Gasteiger partial charge < -0.3 is 15.5 Å². The molecule has 2 amide bonds. The zero-order valence-electron chi connectivity index (χ0n) is 11.9. The first-order valence-corrected chi connectivity index (χ1v) is 7.98. The predicted molar refractivity (Wildman–Crippen MR) is 86.2 cm³/mol. The summed E-state index contributed by atoms with van der Waals surface area (Å²) >= 11 is 3.41. The molecule has 0 atom stereocenters. The zero-order chi connectivity index (χ0) is 14.4. The fourth-order valence-electron chi connectivity index (χ4n) is 2.44. The largest absolute Gasteiger partial charge is 0.337 e. The van der Waals surface area contributed by atoms with Gasteiger partial charge in [0.1, 0.15) is 0 Å². The summed E-state index contributed by atoms with van der Waals surface area (Å²) in [6.07, 6.45) is 3.90. The highest BCUT2D eigenvalue weighted by Gasteiger charge is 2.10. The number of carbonyl (C=O) groups excluding carboxylic acids is 1.